The number of fused-ring (bicyclic) bond motifs is 1. The van der Waals surface area contributed by atoms with Crippen molar-refractivity contribution in [1.82, 2.24) is 29.7 Å². The predicted molar refractivity (Wildman–Crippen MR) is 135 cm³/mol. The average molecular weight is 479 g/mol. The van der Waals surface area contributed by atoms with Crippen LogP contribution in [0.2, 0.25) is 0 Å². The summed E-state index contributed by atoms with van der Waals surface area (Å²) in [5.74, 6) is 5.88. The lowest BCUT2D eigenvalue weighted by Gasteiger charge is -2.32. The fraction of sp³-hybridized carbons (Fsp3) is 0.640. The van der Waals surface area contributed by atoms with Gasteiger partial charge in [-0.3, -0.25) is 9.51 Å². The van der Waals surface area contributed by atoms with Crippen molar-refractivity contribution in [1.29, 1.82) is 0 Å². The zero-order valence-corrected chi connectivity index (χ0v) is 20.8. The van der Waals surface area contributed by atoms with Crippen molar-refractivity contribution in [2.75, 3.05) is 23.8 Å². The van der Waals surface area contributed by atoms with Gasteiger partial charge in [0.1, 0.15) is 5.52 Å². The molecule has 3 aromatic heterocycles. The molecule has 0 aromatic carbocycles. The van der Waals surface area contributed by atoms with Gasteiger partial charge in [0.05, 0.1) is 0 Å². The lowest BCUT2D eigenvalue weighted by atomic mass is 9.80. The minimum absolute atomic E-state index is 0.198. The van der Waals surface area contributed by atoms with Crippen molar-refractivity contribution in [2.24, 2.45) is 17.8 Å². The first-order valence-corrected chi connectivity index (χ1v) is 12.7. The van der Waals surface area contributed by atoms with Gasteiger partial charge in [0.25, 0.3) is 0 Å². The normalized spacial score (nSPS) is 21.4. The highest BCUT2D eigenvalue weighted by molar-refractivity contribution is 5.87. The Bertz CT molecular complexity index is 1270. The summed E-state index contributed by atoms with van der Waals surface area (Å²) >= 11 is 0. The molecule has 0 saturated heterocycles. The van der Waals surface area contributed by atoms with Gasteiger partial charge < -0.3 is 14.8 Å². The summed E-state index contributed by atoms with van der Waals surface area (Å²) in [5, 5.41) is 7.47. The molecule has 3 heterocycles. The summed E-state index contributed by atoms with van der Waals surface area (Å²) in [6.07, 6.45) is 13.7. The first kappa shape index (κ1) is 23.4. The second-order valence-corrected chi connectivity index (χ2v) is 10.1. The number of aromatic amines is 1. The maximum atomic E-state index is 11.6. The maximum absolute atomic E-state index is 11.6. The zero-order valence-electron chi connectivity index (χ0n) is 20.8. The molecule has 5 rings (SSSR count). The fourth-order valence-electron chi connectivity index (χ4n) is 5.21. The Balaban J connectivity index is 1.60. The van der Waals surface area contributed by atoms with Gasteiger partial charge in [0, 0.05) is 32.1 Å². The van der Waals surface area contributed by atoms with Crippen LogP contribution in [0.15, 0.2) is 9.32 Å². The summed E-state index contributed by atoms with van der Waals surface area (Å²) in [7, 11) is 2.04. The van der Waals surface area contributed by atoms with Crippen LogP contribution in [0.1, 0.15) is 58.8 Å². The summed E-state index contributed by atoms with van der Waals surface area (Å²) in [4.78, 5) is 30.7. The van der Waals surface area contributed by atoms with Crippen LogP contribution in [0.4, 0.5) is 11.8 Å². The molecule has 0 bridgehead atoms. The number of terminal acetylenes is 1. The lowest BCUT2D eigenvalue weighted by Crippen LogP contribution is -2.31. The molecule has 3 aromatic rings. The number of aromatic nitrogens is 6. The molecule has 10 nitrogen and oxygen atoms in total. The molecule has 10 heteroatoms. The SMILES string of the molecule is C#CC1CCC(Cn2c(N(C)CC)nc3nc(-c4noc(=O)[nH]4)nc(NC(C)C4CCC4)c32)CC1. The Kier molecular flexibility index (Phi) is 6.50. The van der Waals surface area contributed by atoms with Gasteiger partial charge in [-0.2, -0.15) is 4.98 Å². The van der Waals surface area contributed by atoms with Gasteiger partial charge in [-0.15, -0.1) is 12.3 Å². The lowest BCUT2D eigenvalue weighted by molar-refractivity contribution is 0.284. The third kappa shape index (κ3) is 4.64. The first-order chi connectivity index (χ1) is 17.0. The molecule has 0 amide bonds. The molecule has 0 aliphatic heterocycles. The standard InChI is InChI=1S/C25H34N8O2/c1-5-16-10-12-17(13-11-16)14-33-19-20(26-15(3)18-8-7-9-18)27-22(23-30-25(34)35-31-23)28-21(19)29-24(33)32(4)6-2/h1,15-18H,6-14H2,2-4H3,(H,26,27,28)(H,30,31,34). The maximum Gasteiger partial charge on any atom is 0.439 e. The molecule has 1 atom stereocenters. The molecule has 2 aliphatic carbocycles. The van der Waals surface area contributed by atoms with E-state index in [1.165, 1.54) is 19.3 Å². The van der Waals surface area contributed by atoms with Gasteiger partial charge in [0.15, 0.2) is 11.5 Å². The van der Waals surface area contributed by atoms with Crippen molar-refractivity contribution in [3.8, 4) is 24.0 Å². The fourth-order valence-corrected chi connectivity index (χ4v) is 5.21. The van der Waals surface area contributed by atoms with Crippen molar-refractivity contribution < 1.29 is 4.52 Å². The third-order valence-corrected chi connectivity index (χ3v) is 7.80. The van der Waals surface area contributed by atoms with E-state index in [1.54, 1.807) is 0 Å². The van der Waals surface area contributed by atoms with Gasteiger partial charge in [-0.1, -0.05) is 11.6 Å². The number of hydrogen-bond donors (Lipinski definition) is 2. The minimum Gasteiger partial charge on any atom is -0.365 e. The van der Waals surface area contributed by atoms with E-state index in [-0.39, 0.29) is 17.7 Å². The molecule has 186 valence electrons. The monoisotopic (exact) mass is 478 g/mol. The van der Waals surface area contributed by atoms with E-state index >= 15 is 0 Å². The van der Waals surface area contributed by atoms with Gasteiger partial charge in [0.2, 0.25) is 17.6 Å². The van der Waals surface area contributed by atoms with E-state index < -0.39 is 5.76 Å². The van der Waals surface area contributed by atoms with Gasteiger partial charge in [-0.25, -0.2) is 14.8 Å². The van der Waals surface area contributed by atoms with Gasteiger partial charge in [-0.05, 0) is 64.2 Å². The molecule has 0 radical (unpaired) electrons. The first-order valence-electron chi connectivity index (χ1n) is 12.7. The third-order valence-electron chi connectivity index (χ3n) is 7.80. The molecular weight excluding hydrogens is 444 g/mol. The van der Waals surface area contributed by atoms with E-state index in [1.807, 2.05) is 7.05 Å². The molecule has 0 spiro atoms. The van der Waals surface area contributed by atoms with Crippen molar-refractivity contribution in [3.63, 3.8) is 0 Å². The number of nitrogens with zero attached hydrogens (tertiary/aromatic N) is 6. The van der Waals surface area contributed by atoms with Crippen molar-refractivity contribution in [2.45, 2.75) is 71.4 Å². The molecule has 2 aliphatic rings. The van der Waals surface area contributed by atoms with E-state index in [9.17, 15) is 4.79 Å². The van der Waals surface area contributed by atoms with Crippen LogP contribution in [0.3, 0.4) is 0 Å². The summed E-state index contributed by atoms with van der Waals surface area (Å²) in [6.45, 7) is 5.96. The molecule has 1 unspecified atom stereocenters. The van der Waals surface area contributed by atoms with Crippen LogP contribution < -0.4 is 16.0 Å². The highest BCUT2D eigenvalue weighted by Gasteiger charge is 2.29. The van der Waals surface area contributed by atoms with Crippen LogP contribution in [0.5, 0.6) is 0 Å². The highest BCUT2D eigenvalue weighted by atomic mass is 16.5. The Morgan fingerprint density at radius 2 is 2.00 bits per heavy atom. The number of anilines is 2. The Hall–Kier alpha value is -3.35. The number of rotatable bonds is 8. The molecule has 2 saturated carbocycles. The quantitative estimate of drug-likeness (QED) is 0.471. The predicted octanol–water partition coefficient (Wildman–Crippen LogP) is 3.67. The number of H-pyrrole nitrogens is 1. The van der Waals surface area contributed by atoms with Crippen molar-refractivity contribution >= 4 is 22.9 Å². The van der Waals surface area contributed by atoms with E-state index in [0.717, 1.165) is 50.2 Å². The van der Waals surface area contributed by atoms with E-state index in [2.05, 4.69) is 44.7 Å². The van der Waals surface area contributed by atoms with Crippen LogP contribution in [0, 0.1) is 30.1 Å². The number of nitrogens with one attached hydrogen (secondary N) is 2. The summed E-state index contributed by atoms with van der Waals surface area (Å²) in [5.41, 5.74) is 1.47. The average Bonchev–Trinajstić information content (AvgIpc) is 3.41. The smallest absolute Gasteiger partial charge is 0.365 e. The largest absolute Gasteiger partial charge is 0.439 e. The minimum atomic E-state index is -0.638. The number of hydrogen-bond acceptors (Lipinski definition) is 8. The second kappa shape index (κ2) is 9.72. The van der Waals surface area contributed by atoms with Gasteiger partial charge >= 0.3 is 5.76 Å². The van der Waals surface area contributed by atoms with E-state index in [0.29, 0.717) is 29.2 Å². The van der Waals surface area contributed by atoms with Crippen LogP contribution in [-0.4, -0.2) is 49.3 Å². The zero-order chi connectivity index (χ0) is 24.5. The summed E-state index contributed by atoms with van der Waals surface area (Å²) in [6, 6.07) is 0.257. The second-order valence-electron chi connectivity index (χ2n) is 10.1. The van der Waals surface area contributed by atoms with E-state index in [4.69, 9.17) is 25.9 Å². The number of imidazole rings is 1. The molecule has 2 N–H and O–H groups in total. The van der Waals surface area contributed by atoms with Crippen LogP contribution in [0.25, 0.3) is 22.8 Å². The highest BCUT2D eigenvalue weighted by Crippen LogP contribution is 2.36. The Morgan fingerprint density at radius 1 is 1.23 bits per heavy atom. The Morgan fingerprint density at radius 3 is 2.60 bits per heavy atom. The summed E-state index contributed by atoms with van der Waals surface area (Å²) < 4.78 is 6.98. The van der Waals surface area contributed by atoms with Crippen LogP contribution in [-0.2, 0) is 6.54 Å². The Labute approximate surface area is 204 Å². The van der Waals surface area contributed by atoms with Crippen molar-refractivity contribution in [3.05, 3.63) is 10.6 Å². The topological polar surface area (TPSA) is 118 Å². The molecule has 35 heavy (non-hydrogen) atoms. The van der Waals surface area contributed by atoms with Crippen LogP contribution >= 0.6 is 0 Å². The molecular formula is C25H34N8O2. The molecule has 2 fully saturated rings.